The molecule has 0 bridgehead atoms. The highest BCUT2D eigenvalue weighted by Crippen LogP contribution is 2.47. The molecule has 228 valence electrons. The molecule has 0 aliphatic heterocycles. The summed E-state index contributed by atoms with van der Waals surface area (Å²) >= 11 is 0. The fourth-order valence-electron chi connectivity index (χ4n) is 6.65. The van der Waals surface area contributed by atoms with Crippen LogP contribution in [-0.4, -0.2) is 0 Å². The van der Waals surface area contributed by atoms with Gasteiger partial charge in [-0.2, -0.15) is 0 Å². The maximum Gasteiger partial charge on any atom is 0.171 e. The minimum Gasteiger partial charge on any atom is -0.317 e. The number of rotatable bonds is 9. The standard InChI is InChI=1S/C43H34O2P2/c44-46(38-20-10-3-11-21-38)39-30-26-36(27-31-39)43(34-16-6-1-7-17-34,35-18-8-2-9-19-35)37-28-32-42(33-29-37)47(45,40-22-12-4-13-23-40)41-24-14-5-15-25-41/h1-33,46H. The summed E-state index contributed by atoms with van der Waals surface area (Å²) in [5, 5.41) is 4.06. The van der Waals surface area contributed by atoms with Crippen molar-refractivity contribution in [3.8, 4) is 0 Å². The highest BCUT2D eigenvalue weighted by atomic mass is 31.2. The Morgan fingerprint density at radius 2 is 0.638 bits per heavy atom. The molecule has 1 unspecified atom stereocenters. The Morgan fingerprint density at radius 3 is 1.06 bits per heavy atom. The van der Waals surface area contributed by atoms with E-state index in [1.807, 2.05) is 127 Å². The van der Waals surface area contributed by atoms with E-state index in [1.165, 1.54) is 0 Å². The van der Waals surface area contributed by atoms with Crippen LogP contribution in [-0.2, 0) is 14.5 Å². The summed E-state index contributed by atoms with van der Waals surface area (Å²) in [4.78, 5) is 0. The zero-order valence-corrected chi connectivity index (χ0v) is 27.7. The largest absolute Gasteiger partial charge is 0.317 e. The summed E-state index contributed by atoms with van der Waals surface area (Å²) in [6.45, 7) is 0. The number of benzene rings is 7. The lowest BCUT2D eigenvalue weighted by Gasteiger charge is -2.37. The van der Waals surface area contributed by atoms with Crippen molar-refractivity contribution in [2.75, 3.05) is 0 Å². The van der Waals surface area contributed by atoms with Gasteiger partial charge in [0.05, 0.1) is 5.41 Å². The SMILES string of the molecule is O=[PH](c1ccccc1)c1ccc(C(c2ccccc2)(c2ccccc2)c2ccc(P(=O)(c3ccccc3)c3ccccc3)cc2)cc1. The van der Waals surface area contributed by atoms with E-state index < -0.39 is 20.4 Å². The normalized spacial score (nSPS) is 12.3. The zero-order chi connectivity index (χ0) is 32.1. The predicted octanol–water partition coefficient (Wildman–Crippen LogP) is 8.22. The lowest BCUT2D eigenvalue weighted by molar-refractivity contribution is 0.592. The molecule has 1 atom stereocenters. The molecule has 0 radical (unpaired) electrons. The Hall–Kier alpha value is -5.00. The van der Waals surface area contributed by atoms with Crippen LogP contribution >= 0.6 is 14.9 Å². The monoisotopic (exact) mass is 644 g/mol. The summed E-state index contributed by atoms with van der Waals surface area (Å²) in [6.07, 6.45) is 0. The van der Waals surface area contributed by atoms with E-state index >= 15 is 4.57 Å². The highest BCUT2D eigenvalue weighted by molar-refractivity contribution is 7.85. The summed E-state index contributed by atoms with van der Waals surface area (Å²) in [6, 6.07) is 66.9. The first-order valence-electron chi connectivity index (χ1n) is 15.8. The molecule has 0 heterocycles. The average Bonchev–Trinajstić information content (AvgIpc) is 3.17. The molecular weight excluding hydrogens is 610 g/mol. The first kappa shape index (κ1) is 30.6. The van der Waals surface area contributed by atoms with Gasteiger partial charge in [-0.1, -0.05) is 200 Å². The van der Waals surface area contributed by atoms with Gasteiger partial charge in [-0.15, -0.1) is 0 Å². The molecule has 0 spiro atoms. The molecule has 7 aromatic carbocycles. The summed E-state index contributed by atoms with van der Waals surface area (Å²) in [7, 11) is -5.30. The lowest BCUT2D eigenvalue weighted by Crippen LogP contribution is -2.32. The molecule has 0 aliphatic carbocycles. The van der Waals surface area contributed by atoms with E-state index in [-0.39, 0.29) is 0 Å². The number of hydrogen-bond acceptors (Lipinski definition) is 2. The van der Waals surface area contributed by atoms with Crippen LogP contribution in [0, 0.1) is 0 Å². The highest BCUT2D eigenvalue weighted by Gasteiger charge is 2.39. The van der Waals surface area contributed by atoms with Crippen LogP contribution in [0.1, 0.15) is 22.3 Å². The Labute approximate surface area is 277 Å². The topological polar surface area (TPSA) is 34.1 Å². The minimum absolute atomic E-state index is 0.689. The molecule has 0 saturated heterocycles. The van der Waals surface area contributed by atoms with Crippen molar-refractivity contribution in [3.05, 3.63) is 222 Å². The van der Waals surface area contributed by atoms with E-state index in [4.69, 9.17) is 0 Å². The van der Waals surface area contributed by atoms with Gasteiger partial charge in [0.15, 0.2) is 7.14 Å². The van der Waals surface area contributed by atoms with Gasteiger partial charge in [0, 0.05) is 26.5 Å². The van der Waals surface area contributed by atoms with Crippen molar-refractivity contribution in [2.24, 2.45) is 0 Å². The van der Waals surface area contributed by atoms with E-state index in [0.717, 1.165) is 48.8 Å². The Bertz CT molecular complexity index is 2050. The molecule has 4 heteroatoms. The second kappa shape index (κ2) is 13.4. The van der Waals surface area contributed by atoms with Crippen molar-refractivity contribution < 1.29 is 9.13 Å². The molecule has 7 rings (SSSR count). The van der Waals surface area contributed by atoms with Crippen LogP contribution in [0.3, 0.4) is 0 Å². The second-order valence-corrected chi connectivity index (χ2v) is 16.2. The summed E-state index contributed by atoms with van der Waals surface area (Å²) < 4.78 is 28.7. The van der Waals surface area contributed by atoms with Crippen LogP contribution in [0.2, 0.25) is 0 Å². The predicted molar refractivity (Wildman–Crippen MR) is 199 cm³/mol. The third kappa shape index (κ3) is 5.66. The van der Waals surface area contributed by atoms with Crippen LogP contribution < -0.4 is 26.5 Å². The summed E-state index contributed by atoms with van der Waals surface area (Å²) in [5.41, 5.74) is 3.64. The van der Waals surface area contributed by atoms with Gasteiger partial charge in [0.25, 0.3) is 0 Å². The van der Waals surface area contributed by atoms with Gasteiger partial charge in [0.1, 0.15) is 7.80 Å². The van der Waals surface area contributed by atoms with E-state index in [9.17, 15) is 4.57 Å². The van der Waals surface area contributed by atoms with Crippen molar-refractivity contribution >= 4 is 41.5 Å². The smallest absolute Gasteiger partial charge is 0.171 e. The first-order chi connectivity index (χ1) is 23.1. The molecule has 0 fully saturated rings. The van der Waals surface area contributed by atoms with Crippen LogP contribution in [0.25, 0.3) is 0 Å². The van der Waals surface area contributed by atoms with Crippen LogP contribution in [0.15, 0.2) is 200 Å². The molecule has 0 N–H and O–H groups in total. The molecule has 0 aliphatic rings. The van der Waals surface area contributed by atoms with Crippen LogP contribution in [0.5, 0.6) is 0 Å². The molecule has 7 aromatic rings. The van der Waals surface area contributed by atoms with Gasteiger partial charge in [-0.05, 0) is 22.3 Å². The van der Waals surface area contributed by atoms with E-state index in [1.54, 1.807) is 0 Å². The van der Waals surface area contributed by atoms with Crippen molar-refractivity contribution in [1.29, 1.82) is 0 Å². The maximum atomic E-state index is 15.2. The number of hydrogen-bond donors (Lipinski definition) is 0. The molecule has 47 heavy (non-hydrogen) atoms. The first-order valence-corrected chi connectivity index (χ1v) is 18.9. The third-order valence-electron chi connectivity index (χ3n) is 8.93. The molecule has 0 aromatic heterocycles. The minimum atomic E-state index is -3.14. The quantitative estimate of drug-likeness (QED) is 0.117. The third-order valence-corrected chi connectivity index (χ3v) is 13.7. The maximum absolute atomic E-state index is 15.2. The van der Waals surface area contributed by atoms with Gasteiger partial charge in [0.2, 0.25) is 0 Å². The summed E-state index contributed by atoms with van der Waals surface area (Å²) in [5.74, 6) is 0. The van der Waals surface area contributed by atoms with E-state index in [0.29, 0.717) is 0 Å². The fourth-order valence-corrected chi connectivity index (χ4v) is 10.6. The van der Waals surface area contributed by atoms with Crippen molar-refractivity contribution in [1.82, 2.24) is 0 Å². The van der Waals surface area contributed by atoms with E-state index in [2.05, 4.69) is 72.8 Å². The van der Waals surface area contributed by atoms with Gasteiger partial charge < -0.3 is 9.13 Å². The van der Waals surface area contributed by atoms with Gasteiger partial charge in [-0.3, -0.25) is 0 Å². The van der Waals surface area contributed by atoms with Gasteiger partial charge >= 0.3 is 0 Å². The molecule has 2 nitrogen and oxygen atoms in total. The molecule has 0 amide bonds. The Morgan fingerprint density at radius 1 is 0.340 bits per heavy atom. The van der Waals surface area contributed by atoms with Crippen molar-refractivity contribution in [3.63, 3.8) is 0 Å². The molecule has 0 saturated carbocycles. The van der Waals surface area contributed by atoms with Crippen LogP contribution in [0.4, 0.5) is 0 Å². The Kier molecular flexibility index (Phi) is 8.73. The fraction of sp³-hybridized carbons (Fsp3) is 0.0233. The molecular formula is C43H34O2P2. The van der Waals surface area contributed by atoms with Gasteiger partial charge in [-0.25, -0.2) is 0 Å². The average molecular weight is 645 g/mol. The Balaban J connectivity index is 1.42. The lowest BCUT2D eigenvalue weighted by atomic mass is 9.65. The van der Waals surface area contributed by atoms with Crippen molar-refractivity contribution in [2.45, 2.75) is 5.41 Å². The zero-order valence-electron chi connectivity index (χ0n) is 25.8. The second-order valence-electron chi connectivity index (χ2n) is 11.6.